The summed E-state index contributed by atoms with van der Waals surface area (Å²) in [5, 5.41) is 20.0. The van der Waals surface area contributed by atoms with Crippen molar-refractivity contribution < 1.29 is 14.6 Å². The van der Waals surface area contributed by atoms with Crippen molar-refractivity contribution in [2.45, 2.75) is 0 Å². The van der Waals surface area contributed by atoms with Gasteiger partial charge in [0.25, 0.3) is 5.91 Å². The van der Waals surface area contributed by atoms with Gasteiger partial charge in [0.05, 0.1) is 29.4 Å². The van der Waals surface area contributed by atoms with Crippen molar-refractivity contribution >= 4 is 49.3 Å². The molecule has 0 bridgehead atoms. The fraction of sp³-hybridized carbons (Fsp3) is 0.0769. The largest absolute Gasteiger partial charge is 0.497 e. The van der Waals surface area contributed by atoms with E-state index in [4.69, 9.17) is 9.72 Å². The second kappa shape index (κ2) is 8.72. The summed E-state index contributed by atoms with van der Waals surface area (Å²) < 4.78 is 7.77. The number of ether oxygens (including phenoxy) is 1. The SMILES string of the molecule is COc1ccc2nc(-c3ccccc3)cc(C(=O)N=Nc3c(O)n(C)c4ccc(Br)cc34)c2c1. The lowest BCUT2D eigenvalue weighted by Gasteiger charge is -2.09. The number of amides is 1. The maximum atomic E-state index is 13.3. The van der Waals surface area contributed by atoms with Crippen LogP contribution in [0.4, 0.5) is 5.69 Å². The Morgan fingerprint density at radius 1 is 1.03 bits per heavy atom. The minimum atomic E-state index is -0.552. The Bertz CT molecular complexity index is 1590. The second-order valence-corrected chi connectivity index (χ2v) is 8.62. The van der Waals surface area contributed by atoms with Crippen molar-refractivity contribution in [2.24, 2.45) is 17.3 Å². The highest BCUT2D eigenvalue weighted by atomic mass is 79.9. The van der Waals surface area contributed by atoms with Crippen LogP contribution in [0.15, 0.2) is 87.5 Å². The first kappa shape index (κ1) is 21.8. The van der Waals surface area contributed by atoms with E-state index in [1.807, 2.05) is 54.6 Å². The van der Waals surface area contributed by atoms with Crippen LogP contribution in [0.1, 0.15) is 10.4 Å². The number of pyridine rings is 1. The summed E-state index contributed by atoms with van der Waals surface area (Å²) in [6.45, 7) is 0. The number of halogens is 1. The molecule has 0 fully saturated rings. The number of benzene rings is 3. The average Bonchev–Trinajstić information content (AvgIpc) is 3.10. The van der Waals surface area contributed by atoms with Crippen molar-refractivity contribution in [3.05, 3.63) is 82.8 Å². The van der Waals surface area contributed by atoms with Crippen molar-refractivity contribution in [3.8, 4) is 22.9 Å². The van der Waals surface area contributed by atoms with Crippen molar-refractivity contribution in [1.29, 1.82) is 0 Å². The van der Waals surface area contributed by atoms with Gasteiger partial charge in [-0.15, -0.1) is 10.2 Å². The minimum absolute atomic E-state index is 0.0733. The first-order chi connectivity index (χ1) is 16.5. The summed E-state index contributed by atoms with van der Waals surface area (Å²) in [6.07, 6.45) is 0. The van der Waals surface area contributed by atoms with E-state index in [1.165, 1.54) is 0 Å². The van der Waals surface area contributed by atoms with Gasteiger partial charge in [-0.2, -0.15) is 0 Å². The van der Waals surface area contributed by atoms with Gasteiger partial charge in [-0.25, -0.2) is 4.98 Å². The highest BCUT2D eigenvalue weighted by Crippen LogP contribution is 2.39. The molecule has 0 aliphatic rings. The summed E-state index contributed by atoms with van der Waals surface area (Å²) in [6, 6.07) is 22.2. The number of hydrogen-bond acceptors (Lipinski definition) is 5. The van der Waals surface area contributed by atoms with Gasteiger partial charge in [-0.3, -0.25) is 4.79 Å². The summed E-state index contributed by atoms with van der Waals surface area (Å²) in [4.78, 5) is 18.0. The van der Waals surface area contributed by atoms with Gasteiger partial charge in [0.1, 0.15) is 5.75 Å². The number of rotatable bonds is 4. The molecular formula is C26H19BrN4O3. The Hall–Kier alpha value is -4.04. The third-order valence-electron chi connectivity index (χ3n) is 5.66. The highest BCUT2D eigenvalue weighted by molar-refractivity contribution is 9.10. The highest BCUT2D eigenvalue weighted by Gasteiger charge is 2.18. The summed E-state index contributed by atoms with van der Waals surface area (Å²) in [7, 11) is 3.29. The lowest BCUT2D eigenvalue weighted by atomic mass is 10.0. The Balaban J connectivity index is 1.64. The maximum absolute atomic E-state index is 13.3. The van der Waals surface area contributed by atoms with E-state index in [1.54, 1.807) is 36.9 Å². The molecule has 8 heteroatoms. The normalized spacial score (nSPS) is 11.5. The number of aromatic nitrogens is 2. The molecule has 34 heavy (non-hydrogen) atoms. The summed E-state index contributed by atoms with van der Waals surface area (Å²) >= 11 is 3.44. The molecule has 0 atom stereocenters. The number of aryl methyl sites for hydroxylation is 1. The molecule has 0 radical (unpaired) electrons. The predicted octanol–water partition coefficient (Wildman–Crippen LogP) is 6.79. The number of methoxy groups -OCH3 is 1. The van der Waals surface area contributed by atoms with Crippen LogP contribution in [0.2, 0.25) is 0 Å². The molecule has 5 aromatic rings. The summed E-state index contributed by atoms with van der Waals surface area (Å²) in [5.74, 6) is -0.0237. The number of aromatic hydroxyl groups is 1. The Morgan fingerprint density at radius 2 is 1.82 bits per heavy atom. The van der Waals surface area contributed by atoms with Gasteiger partial charge in [0, 0.05) is 27.9 Å². The first-order valence-electron chi connectivity index (χ1n) is 10.4. The van der Waals surface area contributed by atoms with Crippen LogP contribution in [0.3, 0.4) is 0 Å². The Kier molecular flexibility index (Phi) is 5.59. The van der Waals surface area contributed by atoms with Crippen molar-refractivity contribution in [2.75, 3.05) is 7.11 Å². The van der Waals surface area contributed by atoms with Gasteiger partial charge in [-0.05, 0) is 42.5 Å². The zero-order chi connectivity index (χ0) is 23.8. The molecule has 168 valence electrons. The maximum Gasteiger partial charge on any atom is 0.296 e. The molecule has 0 saturated carbocycles. The molecule has 3 aromatic carbocycles. The molecule has 7 nitrogen and oxygen atoms in total. The van der Waals surface area contributed by atoms with Crippen molar-refractivity contribution in [1.82, 2.24) is 9.55 Å². The molecule has 0 spiro atoms. The summed E-state index contributed by atoms with van der Waals surface area (Å²) in [5.41, 5.74) is 3.50. The molecular weight excluding hydrogens is 496 g/mol. The van der Waals surface area contributed by atoms with E-state index in [0.29, 0.717) is 33.3 Å². The van der Waals surface area contributed by atoms with E-state index in [9.17, 15) is 9.90 Å². The molecule has 2 heterocycles. The Labute approximate surface area is 203 Å². The molecule has 5 rings (SSSR count). The van der Waals surface area contributed by atoms with Crippen LogP contribution in [0, 0.1) is 0 Å². The van der Waals surface area contributed by atoms with E-state index in [0.717, 1.165) is 15.6 Å². The lowest BCUT2D eigenvalue weighted by Crippen LogP contribution is -1.99. The smallest absolute Gasteiger partial charge is 0.296 e. The zero-order valence-corrected chi connectivity index (χ0v) is 19.9. The molecule has 0 saturated heterocycles. The molecule has 1 N–H and O–H groups in total. The lowest BCUT2D eigenvalue weighted by molar-refractivity contribution is 0.0996. The quantitative estimate of drug-likeness (QED) is 0.267. The van der Waals surface area contributed by atoms with E-state index < -0.39 is 5.91 Å². The fourth-order valence-corrected chi connectivity index (χ4v) is 4.26. The van der Waals surface area contributed by atoms with Gasteiger partial charge in [0.2, 0.25) is 5.88 Å². The van der Waals surface area contributed by atoms with Gasteiger partial charge < -0.3 is 14.4 Å². The standard InChI is InChI=1S/C26H19BrN4O3/c1-31-23-11-8-16(27)12-20(23)24(26(31)33)29-30-25(32)19-14-22(15-6-4-3-5-7-15)28-21-10-9-17(34-2)13-18(19)21/h3-14,33H,1-2H3. The van der Waals surface area contributed by atoms with Crippen LogP contribution >= 0.6 is 15.9 Å². The van der Waals surface area contributed by atoms with Gasteiger partial charge in [-0.1, -0.05) is 46.3 Å². The zero-order valence-electron chi connectivity index (χ0n) is 18.4. The van der Waals surface area contributed by atoms with Crippen LogP contribution < -0.4 is 4.74 Å². The second-order valence-electron chi connectivity index (χ2n) is 7.70. The number of carbonyl (C=O) groups is 1. The number of fused-ring (bicyclic) bond motifs is 2. The van der Waals surface area contributed by atoms with Gasteiger partial charge in [0.15, 0.2) is 5.69 Å². The molecule has 0 aliphatic carbocycles. The topological polar surface area (TPSA) is 89.1 Å². The third-order valence-corrected chi connectivity index (χ3v) is 6.15. The average molecular weight is 515 g/mol. The van der Waals surface area contributed by atoms with Crippen LogP contribution in [0.5, 0.6) is 11.6 Å². The minimum Gasteiger partial charge on any atom is -0.497 e. The number of hydrogen-bond donors (Lipinski definition) is 1. The number of nitrogens with zero attached hydrogens (tertiary/aromatic N) is 4. The third kappa shape index (κ3) is 3.82. The van der Waals surface area contributed by atoms with Crippen LogP contribution in [-0.2, 0) is 7.05 Å². The fourth-order valence-electron chi connectivity index (χ4n) is 3.90. The van der Waals surface area contributed by atoms with Gasteiger partial charge >= 0.3 is 0 Å². The van der Waals surface area contributed by atoms with E-state index in [2.05, 4.69) is 26.2 Å². The molecule has 2 aromatic heterocycles. The monoisotopic (exact) mass is 514 g/mol. The van der Waals surface area contributed by atoms with Crippen LogP contribution in [-0.4, -0.2) is 27.7 Å². The van der Waals surface area contributed by atoms with Crippen molar-refractivity contribution in [3.63, 3.8) is 0 Å². The first-order valence-corrected chi connectivity index (χ1v) is 11.2. The number of carbonyl (C=O) groups excluding carboxylic acids is 1. The Morgan fingerprint density at radius 3 is 2.59 bits per heavy atom. The number of azo groups is 1. The van der Waals surface area contributed by atoms with E-state index >= 15 is 0 Å². The molecule has 0 unspecified atom stereocenters. The molecule has 0 aliphatic heterocycles. The predicted molar refractivity (Wildman–Crippen MR) is 135 cm³/mol. The van der Waals surface area contributed by atoms with E-state index in [-0.39, 0.29) is 11.6 Å². The van der Waals surface area contributed by atoms with Crippen LogP contribution in [0.25, 0.3) is 33.1 Å². The molecule has 1 amide bonds.